The second-order valence-corrected chi connectivity index (χ2v) is 6.66. The number of rotatable bonds is 3. The Bertz CT molecular complexity index is 961. The average Bonchev–Trinajstić information content (AvgIpc) is 2.73. The zero-order valence-corrected chi connectivity index (χ0v) is 17.3. The molecule has 1 saturated heterocycles. The summed E-state index contributed by atoms with van der Waals surface area (Å²) in [6.07, 6.45) is 2.23. The summed E-state index contributed by atoms with van der Waals surface area (Å²) >= 11 is 0. The highest BCUT2D eigenvalue weighted by Crippen LogP contribution is 2.32. The first-order valence-corrected chi connectivity index (χ1v) is 8.98. The highest BCUT2D eigenvalue weighted by atomic mass is 35.5. The van der Waals surface area contributed by atoms with Gasteiger partial charge in [0.25, 0.3) is 0 Å². The molecule has 3 aromatic rings. The van der Waals surface area contributed by atoms with Crippen LogP contribution in [-0.4, -0.2) is 36.4 Å². The number of nitrogens with one attached hydrogen (secondary N) is 1. The molecule has 2 heterocycles. The van der Waals surface area contributed by atoms with E-state index in [2.05, 4.69) is 44.7 Å². The minimum absolute atomic E-state index is 0. The molecule has 28 heavy (non-hydrogen) atoms. The summed E-state index contributed by atoms with van der Waals surface area (Å²) in [5.41, 5.74) is 2.49. The number of halogens is 2. The lowest BCUT2D eigenvalue weighted by Gasteiger charge is -2.33. The monoisotopic (exact) mass is 415 g/mol. The largest absolute Gasteiger partial charge is 0.354 e. The molecular formula is C21H23Cl2N5. The van der Waals surface area contributed by atoms with Crippen molar-refractivity contribution in [1.82, 2.24) is 15.5 Å². The molecule has 5 nitrogen and oxygen atoms in total. The van der Waals surface area contributed by atoms with Gasteiger partial charge in [-0.15, -0.1) is 35.0 Å². The van der Waals surface area contributed by atoms with Gasteiger partial charge in [-0.3, -0.25) is 0 Å². The molecule has 2 aromatic carbocycles. The van der Waals surface area contributed by atoms with Crippen LogP contribution in [0, 0.1) is 11.3 Å². The predicted octanol–water partition coefficient (Wildman–Crippen LogP) is 4.20. The van der Waals surface area contributed by atoms with Crippen LogP contribution in [0.15, 0.2) is 48.5 Å². The number of nitriles is 1. The smallest absolute Gasteiger partial charge is 0.159 e. The molecule has 0 aliphatic carbocycles. The van der Waals surface area contributed by atoms with Crippen LogP contribution >= 0.6 is 24.8 Å². The lowest BCUT2D eigenvalue weighted by molar-refractivity contribution is 0.441. The second-order valence-electron chi connectivity index (χ2n) is 6.66. The van der Waals surface area contributed by atoms with E-state index in [1.807, 2.05) is 37.4 Å². The molecule has 146 valence electrons. The molecule has 1 aliphatic rings. The van der Waals surface area contributed by atoms with Crippen molar-refractivity contribution in [2.45, 2.75) is 18.9 Å². The molecular weight excluding hydrogens is 393 g/mol. The summed E-state index contributed by atoms with van der Waals surface area (Å²) < 4.78 is 0. The maximum Gasteiger partial charge on any atom is 0.159 e. The second kappa shape index (κ2) is 9.70. The zero-order valence-electron chi connectivity index (χ0n) is 15.6. The van der Waals surface area contributed by atoms with Gasteiger partial charge in [0.05, 0.1) is 11.6 Å². The van der Waals surface area contributed by atoms with Gasteiger partial charge in [0, 0.05) is 35.5 Å². The van der Waals surface area contributed by atoms with Crippen LogP contribution in [0.1, 0.15) is 18.4 Å². The molecule has 4 rings (SSSR count). The van der Waals surface area contributed by atoms with E-state index in [0.29, 0.717) is 11.6 Å². The Morgan fingerprint density at radius 2 is 1.61 bits per heavy atom. The maximum absolute atomic E-state index is 9.00. The average molecular weight is 416 g/mol. The Morgan fingerprint density at radius 1 is 0.964 bits per heavy atom. The highest BCUT2D eigenvalue weighted by Gasteiger charge is 2.21. The first kappa shape index (κ1) is 21.9. The van der Waals surface area contributed by atoms with Crippen LogP contribution in [0.25, 0.3) is 22.0 Å². The summed E-state index contributed by atoms with van der Waals surface area (Å²) in [6, 6.07) is 18.6. The molecule has 0 bridgehead atoms. The predicted molar refractivity (Wildman–Crippen MR) is 118 cm³/mol. The molecule has 1 aliphatic heterocycles. The molecule has 1 N–H and O–H groups in total. The van der Waals surface area contributed by atoms with Gasteiger partial charge in [0.15, 0.2) is 5.82 Å². The van der Waals surface area contributed by atoms with Crippen LogP contribution in [0.4, 0.5) is 5.82 Å². The fourth-order valence-corrected chi connectivity index (χ4v) is 3.62. The first-order valence-electron chi connectivity index (χ1n) is 8.98. The Hall–Kier alpha value is -2.39. The number of nitrogens with zero attached hydrogens (tertiary/aromatic N) is 4. The van der Waals surface area contributed by atoms with Crippen LogP contribution in [-0.2, 0) is 0 Å². The topological polar surface area (TPSA) is 64.8 Å². The lowest BCUT2D eigenvalue weighted by atomic mass is 10.0. The van der Waals surface area contributed by atoms with E-state index in [9.17, 15) is 0 Å². The number of anilines is 1. The van der Waals surface area contributed by atoms with Crippen molar-refractivity contribution >= 4 is 41.4 Å². The first-order chi connectivity index (χ1) is 12.8. The Labute approximate surface area is 177 Å². The van der Waals surface area contributed by atoms with E-state index in [1.54, 1.807) is 0 Å². The third-order valence-corrected chi connectivity index (χ3v) is 5.16. The number of fused-ring (bicyclic) bond motifs is 1. The fraction of sp³-hybridized carbons (Fsp3) is 0.286. The number of benzene rings is 2. The summed E-state index contributed by atoms with van der Waals surface area (Å²) in [7, 11) is 2.03. The van der Waals surface area contributed by atoms with Crippen molar-refractivity contribution in [3.8, 4) is 17.3 Å². The van der Waals surface area contributed by atoms with E-state index >= 15 is 0 Å². The number of hydrogen-bond donors (Lipinski definition) is 1. The summed E-state index contributed by atoms with van der Waals surface area (Å²) in [5.74, 6) is 0.965. The standard InChI is InChI=1S/C21H21N5.2ClH/c1-23-17-10-12-26(13-11-17)21-19-5-3-2-4-18(19)20(24-25-21)16-8-6-15(14-22)7-9-16;;/h2-9,17,23H,10-13H2,1H3;2*1H. The highest BCUT2D eigenvalue weighted by molar-refractivity contribution is 6.00. The Morgan fingerprint density at radius 3 is 2.21 bits per heavy atom. The van der Waals surface area contributed by atoms with Crippen LogP contribution in [0.5, 0.6) is 0 Å². The summed E-state index contributed by atoms with van der Waals surface area (Å²) in [5, 5.41) is 23.7. The summed E-state index contributed by atoms with van der Waals surface area (Å²) in [6.45, 7) is 1.97. The van der Waals surface area contributed by atoms with Gasteiger partial charge in [-0.25, -0.2) is 0 Å². The molecule has 0 amide bonds. The van der Waals surface area contributed by atoms with Crippen molar-refractivity contribution in [1.29, 1.82) is 5.26 Å². The van der Waals surface area contributed by atoms with Crippen molar-refractivity contribution in [3.05, 3.63) is 54.1 Å². The van der Waals surface area contributed by atoms with Gasteiger partial charge < -0.3 is 10.2 Å². The fourth-order valence-electron chi connectivity index (χ4n) is 3.62. The Balaban J connectivity index is 0.00000140. The Kier molecular flexibility index (Phi) is 7.59. The number of hydrogen-bond acceptors (Lipinski definition) is 5. The molecule has 0 spiro atoms. The van der Waals surface area contributed by atoms with Gasteiger partial charge in [-0.1, -0.05) is 36.4 Å². The van der Waals surface area contributed by atoms with E-state index in [4.69, 9.17) is 5.26 Å². The molecule has 7 heteroatoms. The van der Waals surface area contributed by atoms with Gasteiger partial charge in [-0.05, 0) is 32.0 Å². The van der Waals surface area contributed by atoms with Crippen molar-refractivity contribution in [3.63, 3.8) is 0 Å². The van der Waals surface area contributed by atoms with E-state index < -0.39 is 0 Å². The maximum atomic E-state index is 9.00. The minimum Gasteiger partial charge on any atom is -0.354 e. The quantitative estimate of drug-likeness (QED) is 0.693. The van der Waals surface area contributed by atoms with E-state index in [0.717, 1.165) is 53.8 Å². The van der Waals surface area contributed by atoms with Gasteiger partial charge >= 0.3 is 0 Å². The summed E-state index contributed by atoms with van der Waals surface area (Å²) in [4.78, 5) is 2.34. The van der Waals surface area contributed by atoms with Crippen LogP contribution < -0.4 is 10.2 Å². The van der Waals surface area contributed by atoms with Gasteiger partial charge in [0.1, 0.15) is 5.69 Å². The van der Waals surface area contributed by atoms with Crippen LogP contribution in [0.3, 0.4) is 0 Å². The van der Waals surface area contributed by atoms with Crippen molar-refractivity contribution in [2.24, 2.45) is 0 Å². The minimum atomic E-state index is 0. The molecule has 1 fully saturated rings. The molecule has 0 radical (unpaired) electrons. The SMILES string of the molecule is CNC1CCN(c2nnc(-c3ccc(C#N)cc3)c3ccccc23)CC1.Cl.Cl. The van der Waals surface area contributed by atoms with E-state index in [-0.39, 0.29) is 24.8 Å². The van der Waals surface area contributed by atoms with Gasteiger partial charge in [0.2, 0.25) is 0 Å². The van der Waals surface area contributed by atoms with E-state index in [1.165, 1.54) is 0 Å². The molecule has 0 unspecified atom stereocenters. The lowest BCUT2D eigenvalue weighted by Crippen LogP contribution is -2.41. The molecule has 0 saturated carbocycles. The van der Waals surface area contributed by atoms with Crippen molar-refractivity contribution < 1.29 is 0 Å². The third kappa shape index (κ3) is 4.20. The molecule has 1 aromatic heterocycles. The number of aromatic nitrogens is 2. The molecule has 0 atom stereocenters. The van der Waals surface area contributed by atoms with Crippen molar-refractivity contribution in [2.75, 3.05) is 25.0 Å². The van der Waals surface area contributed by atoms with Crippen LogP contribution in [0.2, 0.25) is 0 Å². The van der Waals surface area contributed by atoms with Gasteiger partial charge in [-0.2, -0.15) is 5.26 Å². The zero-order chi connectivity index (χ0) is 17.9. The number of piperidine rings is 1. The third-order valence-electron chi connectivity index (χ3n) is 5.16. The normalized spacial score (nSPS) is 14.1.